The molecule has 0 radical (unpaired) electrons. The Kier molecular flexibility index (Phi) is 4.85. The van der Waals surface area contributed by atoms with E-state index in [9.17, 15) is 0 Å². The van der Waals surface area contributed by atoms with Gasteiger partial charge in [-0.05, 0) is 44.6 Å². The zero-order valence-corrected chi connectivity index (χ0v) is 10.7. The summed E-state index contributed by atoms with van der Waals surface area (Å²) in [6.07, 6.45) is 8.14. The summed E-state index contributed by atoms with van der Waals surface area (Å²) in [5.41, 5.74) is 1.88. The van der Waals surface area contributed by atoms with E-state index in [1.54, 1.807) is 0 Å². The van der Waals surface area contributed by atoms with Crippen LogP contribution in [0.2, 0.25) is 0 Å². The van der Waals surface area contributed by atoms with Crippen molar-refractivity contribution >= 4 is 0 Å². The Hall–Kier alpha value is -0.300. The van der Waals surface area contributed by atoms with E-state index in [4.69, 9.17) is 0 Å². The zero-order chi connectivity index (χ0) is 11.3. The van der Waals surface area contributed by atoms with Crippen molar-refractivity contribution in [2.24, 2.45) is 5.41 Å². The van der Waals surface area contributed by atoms with Crippen LogP contribution in [0.25, 0.3) is 0 Å². The molecule has 0 heterocycles. The first-order valence-electron chi connectivity index (χ1n) is 6.52. The van der Waals surface area contributed by atoms with Gasteiger partial charge in [-0.25, -0.2) is 0 Å². The highest BCUT2D eigenvalue weighted by atomic mass is 14.9. The predicted octanol–water partition coefficient (Wildman–Crippen LogP) is 3.90. The van der Waals surface area contributed by atoms with Crippen LogP contribution in [0, 0.1) is 5.41 Å². The normalized spacial score (nSPS) is 21.5. The minimum Gasteiger partial charge on any atom is -0.313 e. The van der Waals surface area contributed by atoms with Crippen LogP contribution in [0.1, 0.15) is 59.3 Å². The Balaban J connectivity index is 2.70. The first-order valence-corrected chi connectivity index (χ1v) is 6.52. The molecular weight excluding hydrogens is 182 g/mol. The van der Waals surface area contributed by atoms with Gasteiger partial charge in [0.15, 0.2) is 0 Å². The van der Waals surface area contributed by atoms with Gasteiger partial charge in [0.05, 0.1) is 0 Å². The van der Waals surface area contributed by atoms with Crippen LogP contribution in [-0.4, -0.2) is 12.6 Å². The molecular formula is C14H27N. The van der Waals surface area contributed by atoms with Gasteiger partial charge >= 0.3 is 0 Å². The predicted molar refractivity (Wildman–Crippen MR) is 68.1 cm³/mol. The molecule has 1 N–H and O–H groups in total. The fourth-order valence-corrected chi connectivity index (χ4v) is 3.13. The molecule has 0 aromatic carbocycles. The van der Waals surface area contributed by atoms with E-state index in [0.717, 1.165) is 13.0 Å². The van der Waals surface area contributed by atoms with E-state index in [2.05, 4.69) is 32.7 Å². The van der Waals surface area contributed by atoms with E-state index in [1.165, 1.54) is 37.7 Å². The molecule has 1 nitrogen and oxygen atoms in total. The van der Waals surface area contributed by atoms with Crippen LogP contribution in [0.15, 0.2) is 12.2 Å². The Morgan fingerprint density at radius 1 is 1.33 bits per heavy atom. The quantitative estimate of drug-likeness (QED) is 0.654. The molecule has 1 fully saturated rings. The molecule has 1 rings (SSSR count). The first kappa shape index (κ1) is 12.8. The molecule has 15 heavy (non-hydrogen) atoms. The summed E-state index contributed by atoms with van der Waals surface area (Å²) in [5, 5.41) is 3.69. The summed E-state index contributed by atoms with van der Waals surface area (Å²) in [5.74, 6) is 0. The lowest BCUT2D eigenvalue weighted by atomic mass is 9.74. The lowest BCUT2D eigenvalue weighted by Gasteiger charge is -2.38. The van der Waals surface area contributed by atoms with Gasteiger partial charge in [-0.3, -0.25) is 0 Å². The first-order chi connectivity index (χ1) is 7.14. The molecule has 1 heteroatoms. The van der Waals surface area contributed by atoms with E-state index >= 15 is 0 Å². The lowest BCUT2D eigenvalue weighted by Crippen LogP contribution is -2.43. The van der Waals surface area contributed by atoms with Crippen LogP contribution >= 0.6 is 0 Å². The minimum atomic E-state index is 0.564. The molecule has 1 aliphatic rings. The van der Waals surface area contributed by atoms with Crippen molar-refractivity contribution in [2.45, 2.75) is 65.3 Å². The van der Waals surface area contributed by atoms with Gasteiger partial charge in [-0.2, -0.15) is 0 Å². The highest BCUT2D eigenvalue weighted by molar-refractivity contribution is 5.01. The van der Waals surface area contributed by atoms with E-state index in [-0.39, 0.29) is 0 Å². The van der Waals surface area contributed by atoms with Crippen molar-refractivity contribution in [3.05, 3.63) is 12.2 Å². The number of hydrogen-bond donors (Lipinski definition) is 1. The Labute approximate surface area is 95.3 Å². The number of rotatable bonds is 6. The second kappa shape index (κ2) is 5.69. The van der Waals surface area contributed by atoms with Gasteiger partial charge < -0.3 is 5.32 Å². The second-order valence-corrected chi connectivity index (χ2v) is 5.19. The molecule has 0 amide bonds. The monoisotopic (exact) mass is 209 g/mol. The number of nitrogens with one attached hydrogen (secondary N) is 1. The van der Waals surface area contributed by atoms with Gasteiger partial charge in [0.2, 0.25) is 0 Å². The molecule has 0 aliphatic heterocycles. The number of hydrogen-bond acceptors (Lipinski definition) is 1. The molecule has 1 unspecified atom stereocenters. The molecule has 0 spiro atoms. The zero-order valence-electron chi connectivity index (χ0n) is 10.7. The molecule has 0 aromatic rings. The van der Waals surface area contributed by atoms with Gasteiger partial charge in [-0.1, -0.05) is 32.3 Å². The van der Waals surface area contributed by atoms with Gasteiger partial charge in [0.1, 0.15) is 0 Å². The minimum absolute atomic E-state index is 0.564. The third kappa shape index (κ3) is 3.07. The van der Waals surface area contributed by atoms with Crippen LogP contribution in [0.4, 0.5) is 0 Å². The van der Waals surface area contributed by atoms with E-state index in [0.29, 0.717) is 11.5 Å². The lowest BCUT2D eigenvalue weighted by molar-refractivity contribution is 0.186. The molecule has 88 valence electrons. The molecule has 1 atom stereocenters. The van der Waals surface area contributed by atoms with Crippen molar-refractivity contribution in [2.75, 3.05) is 6.54 Å². The third-order valence-corrected chi connectivity index (χ3v) is 4.05. The summed E-state index contributed by atoms with van der Waals surface area (Å²) < 4.78 is 0. The summed E-state index contributed by atoms with van der Waals surface area (Å²) in [6, 6.07) is 0.660. The van der Waals surface area contributed by atoms with Crippen LogP contribution < -0.4 is 5.32 Å². The van der Waals surface area contributed by atoms with Gasteiger partial charge in [0.25, 0.3) is 0 Å². The van der Waals surface area contributed by atoms with Crippen LogP contribution in [-0.2, 0) is 0 Å². The molecule has 1 aliphatic carbocycles. The molecule has 1 saturated carbocycles. The van der Waals surface area contributed by atoms with Crippen LogP contribution in [0.3, 0.4) is 0 Å². The highest BCUT2D eigenvalue weighted by Gasteiger charge is 2.38. The summed E-state index contributed by atoms with van der Waals surface area (Å²) in [7, 11) is 0. The average Bonchev–Trinajstić information content (AvgIpc) is 2.66. The molecule has 0 bridgehead atoms. The fraction of sp³-hybridized carbons (Fsp3) is 0.857. The SMILES string of the molecule is C=C(C)CC(NCC)C1(CC)CCCC1. The Bertz CT molecular complexity index is 201. The summed E-state index contributed by atoms with van der Waals surface area (Å²) >= 11 is 0. The highest BCUT2D eigenvalue weighted by Crippen LogP contribution is 2.45. The van der Waals surface area contributed by atoms with Crippen molar-refractivity contribution in [1.29, 1.82) is 0 Å². The fourth-order valence-electron chi connectivity index (χ4n) is 3.13. The van der Waals surface area contributed by atoms with Gasteiger partial charge in [0, 0.05) is 6.04 Å². The maximum Gasteiger partial charge on any atom is 0.0160 e. The second-order valence-electron chi connectivity index (χ2n) is 5.19. The van der Waals surface area contributed by atoms with Crippen molar-refractivity contribution < 1.29 is 0 Å². The van der Waals surface area contributed by atoms with Gasteiger partial charge in [-0.15, -0.1) is 6.58 Å². The summed E-state index contributed by atoms with van der Waals surface area (Å²) in [4.78, 5) is 0. The maximum absolute atomic E-state index is 4.07. The third-order valence-electron chi connectivity index (χ3n) is 4.05. The average molecular weight is 209 g/mol. The summed E-state index contributed by atoms with van der Waals surface area (Å²) in [6.45, 7) is 11.9. The van der Waals surface area contributed by atoms with E-state index in [1.807, 2.05) is 0 Å². The smallest absolute Gasteiger partial charge is 0.0160 e. The van der Waals surface area contributed by atoms with Crippen molar-refractivity contribution in [1.82, 2.24) is 5.32 Å². The standard InChI is InChI=1S/C14H27N/c1-5-14(9-7-8-10-14)13(15-6-2)11-12(3)4/h13,15H,3,5-11H2,1-2,4H3. The Morgan fingerprint density at radius 2 is 1.93 bits per heavy atom. The van der Waals surface area contributed by atoms with Crippen molar-refractivity contribution in [3.8, 4) is 0 Å². The maximum atomic E-state index is 4.07. The largest absolute Gasteiger partial charge is 0.313 e. The molecule has 0 saturated heterocycles. The Morgan fingerprint density at radius 3 is 2.33 bits per heavy atom. The molecule has 0 aromatic heterocycles. The topological polar surface area (TPSA) is 12.0 Å². The van der Waals surface area contributed by atoms with Crippen molar-refractivity contribution in [3.63, 3.8) is 0 Å². The van der Waals surface area contributed by atoms with E-state index < -0.39 is 0 Å². The van der Waals surface area contributed by atoms with Crippen LogP contribution in [0.5, 0.6) is 0 Å².